The first kappa shape index (κ1) is 24.6. The van der Waals surface area contributed by atoms with Crippen molar-refractivity contribution >= 4 is 17.5 Å². The SMILES string of the molecule is Cc1cc(C)c(CNC(=O)c2cc(Cl)c3c(c2C)OC(C2CCN(C(C)C)CC2)CO3)c(=O)[nH]1. The van der Waals surface area contributed by atoms with Gasteiger partial charge in [0.1, 0.15) is 12.7 Å². The Morgan fingerprint density at radius 2 is 1.91 bits per heavy atom. The number of aromatic nitrogens is 1. The first-order chi connectivity index (χ1) is 16.2. The van der Waals surface area contributed by atoms with E-state index in [4.69, 9.17) is 21.1 Å². The van der Waals surface area contributed by atoms with Crippen LogP contribution in [0.4, 0.5) is 0 Å². The highest BCUT2D eigenvalue weighted by Crippen LogP contribution is 2.44. The predicted molar refractivity (Wildman–Crippen MR) is 133 cm³/mol. The van der Waals surface area contributed by atoms with Gasteiger partial charge in [-0.25, -0.2) is 0 Å². The van der Waals surface area contributed by atoms with Crippen LogP contribution in [-0.4, -0.2) is 47.6 Å². The van der Waals surface area contributed by atoms with Crippen molar-refractivity contribution in [3.63, 3.8) is 0 Å². The molecule has 1 aromatic carbocycles. The standard InChI is InChI=1S/C26H34ClN3O4/c1-14(2)30-8-6-18(7-9-30)22-13-33-24-21(27)11-19(17(5)23(24)34-22)25(31)28-12-20-15(3)10-16(4)29-26(20)32/h10-11,14,18,22H,6-9,12-13H2,1-5H3,(H,28,31)(H,29,32). The van der Waals surface area contributed by atoms with Crippen molar-refractivity contribution in [3.05, 3.63) is 55.5 Å². The number of halogens is 1. The van der Waals surface area contributed by atoms with Crippen molar-refractivity contribution in [2.75, 3.05) is 19.7 Å². The molecule has 1 atom stereocenters. The second kappa shape index (κ2) is 10.0. The minimum Gasteiger partial charge on any atom is -0.484 e. The molecule has 0 bridgehead atoms. The number of aromatic amines is 1. The van der Waals surface area contributed by atoms with Gasteiger partial charge in [0.25, 0.3) is 11.5 Å². The van der Waals surface area contributed by atoms with Gasteiger partial charge in [0, 0.05) is 40.9 Å². The molecule has 0 saturated carbocycles. The maximum Gasteiger partial charge on any atom is 0.253 e. The number of amides is 1. The summed E-state index contributed by atoms with van der Waals surface area (Å²) < 4.78 is 12.5. The number of aryl methyl sites for hydroxylation is 2. The zero-order valence-electron chi connectivity index (χ0n) is 20.6. The second-order valence-corrected chi connectivity index (χ2v) is 10.2. The summed E-state index contributed by atoms with van der Waals surface area (Å²) in [5.41, 5.74) is 3.08. The van der Waals surface area contributed by atoms with Crippen LogP contribution in [-0.2, 0) is 6.54 Å². The lowest BCUT2D eigenvalue weighted by atomic mass is 9.90. The Morgan fingerprint density at radius 1 is 1.21 bits per heavy atom. The van der Waals surface area contributed by atoms with Gasteiger partial charge in [-0.15, -0.1) is 0 Å². The molecule has 2 aliphatic rings. The summed E-state index contributed by atoms with van der Waals surface area (Å²) in [5, 5.41) is 3.21. The van der Waals surface area contributed by atoms with Crippen molar-refractivity contribution in [1.29, 1.82) is 0 Å². The van der Waals surface area contributed by atoms with Crippen molar-refractivity contribution < 1.29 is 14.3 Å². The van der Waals surface area contributed by atoms with Crippen LogP contribution >= 0.6 is 11.6 Å². The van der Waals surface area contributed by atoms with Crippen LogP contribution in [0.25, 0.3) is 0 Å². The van der Waals surface area contributed by atoms with Crippen LogP contribution in [0.15, 0.2) is 16.9 Å². The quantitative estimate of drug-likeness (QED) is 0.662. The Kier molecular flexibility index (Phi) is 7.24. The first-order valence-electron chi connectivity index (χ1n) is 12.0. The number of rotatable bonds is 5. The van der Waals surface area contributed by atoms with Gasteiger partial charge in [-0.05, 0) is 78.2 Å². The fraction of sp³-hybridized carbons (Fsp3) is 0.538. The number of hydrogen-bond acceptors (Lipinski definition) is 5. The highest BCUT2D eigenvalue weighted by molar-refractivity contribution is 6.32. The Bertz CT molecular complexity index is 1140. The van der Waals surface area contributed by atoms with E-state index in [-0.39, 0.29) is 24.1 Å². The number of fused-ring (bicyclic) bond motifs is 1. The molecule has 2 N–H and O–H groups in total. The summed E-state index contributed by atoms with van der Waals surface area (Å²) >= 11 is 6.49. The van der Waals surface area contributed by atoms with E-state index in [9.17, 15) is 9.59 Å². The lowest BCUT2D eigenvalue weighted by Crippen LogP contribution is -2.45. The minimum atomic E-state index is -0.308. The molecule has 0 aliphatic carbocycles. The molecule has 184 valence electrons. The van der Waals surface area contributed by atoms with E-state index in [2.05, 4.69) is 29.0 Å². The van der Waals surface area contributed by atoms with E-state index in [0.29, 0.717) is 51.8 Å². The van der Waals surface area contributed by atoms with Gasteiger partial charge in [-0.2, -0.15) is 0 Å². The van der Waals surface area contributed by atoms with Gasteiger partial charge in [0.05, 0.1) is 5.02 Å². The average Bonchev–Trinajstić information content (AvgIpc) is 2.80. The van der Waals surface area contributed by atoms with Crippen molar-refractivity contribution in [2.45, 2.75) is 66.2 Å². The Hall–Kier alpha value is -2.51. The molecule has 1 aromatic heterocycles. The summed E-state index contributed by atoms with van der Waals surface area (Å²) in [6, 6.07) is 4.05. The number of hydrogen-bond donors (Lipinski definition) is 2. The first-order valence-corrected chi connectivity index (χ1v) is 12.4. The number of H-pyrrole nitrogens is 1. The summed E-state index contributed by atoms with van der Waals surface area (Å²) in [4.78, 5) is 30.6. The Balaban J connectivity index is 1.50. The van der Waals surface area contributed by atoms with Crippen molar-refractivity contribution in [3.8, 4) is 11.5 Å². The molecule has 1 saturated heterocycles. The van der Waals surface area contributed by atoms with Crippen LogP contribution < -0.4 is 20.3 Å². The fourth-order valence-electron chi connectivity index (χ4n) is 4.97. The number of nitrogens with one attached hydrogen (secondary N) is 2. The number of benzene rings is 1. The summed E-state index contributed by atoms with van der Waals surface area (Å²) in [5.74, 6) is 1.13. The zero-order chi connectivity index (χ0) is 24.6. The van der Waals surface area contributed by atoms with Crippen LogP contribution in [0.2, 0.25) is 5.02 Å². The summed E-state index contributed by atoms with van der Waals surface area (Å²) in [7, 11) is 0. The van der Waals surface area contributed by atoms with Gasteiger partial charge in [-0.3, -0.25) is 9.59 Å². The molecule has 0 radical (unpaired) electrons. The number of ether oxygens (including phenoxy) is 2. The van der Waals surface area contributed by atoms with E-state index < -0.39 is 0 Å². The average molecular weight is 488 g/mol. The van der Waals surface area contributed by atoms with Crippen LogP contribution in [0.1, 0.15) is 59.4 Å². The summed E-state index contributed by atoms with van der Waals surface area (Å²) in [6.45, 7) is 12.7. The molecule has 0 spiro atoms. The highest BCUT2D eigenvalue weighted by atomic mass is 35.5. The number of likely N-dealkylation sites (tertiary alicyclic amines) is 1. The number of piperidine rings is 1. The van der Waals surface area contributed by atoms with Crippen molar-refractivity contribution in [2.24, 2.45) is 5.92 Å². The van der Waals surface area contributed by atoms with E-state index in [1.54, 1.807) is 6.07 Å². The molecule has 4 rings (SSSR count). The molecular weight excluding hydrogens is 454 g/mol. The number of nitrogens with zero attached hydrogens (tertiary/aromatic N) is 1. The molecular formula is C26H34ClN3O4. The molecule has 7 nitrogen and oxygen atoms in total. The van der Waals surface area contributed by atoms with Gasteiger partial charge in [0.15, 0.2) is 11.5 Å². The predicted octanol–water partition coefficient (Wildman–Crippen LogP) is 4.14. The molecule has 1 fully saturated rings. The topological polar surface area (TPSA) is 83.7 Å². The van der Waals surface area contributed by atoms with E-state index >= 15 is 0 Å². The lowest BCUT2D eigenvalue weighted by molar-refractivity contribution is 0.0155. The Labute approximate surface area is 205 Å². The molecule has 3 heterocycles. The third-order valence-corrected chi connectivity index (χ3v) is 7.38. The van der Waals surface area contributed by atoms with Gasteiger partial charge >= 0.3 is 0 Å². The van der Waals surface area contributed by atoms with Crippen LogP contribution in [0.5, 0.6) is 11.5 Å². The van der Waals surface area contributed by atoms with E-state index in [1.807, 2.05) is 26.8 Å². The molecule has 2 aliphatic heterocycles. The highest BCUT2D eigenvalue weighted by Gasteiger charge is 2.35. The fourth-order valence-corrected chi connectivity index (χ4v) is 5.22. The lowest BCUT2D eigenvalue weighted by Gasteiger charge is -2.39. The van der Waals surface area contributed by atoms with Gasteiger partial charge in [-0.1, -0.05) is 11.6 Å². The van der Waals surface area contributed by atoms with Crippen LogP contribution in [0.3, 0.4) is 0 Å². The monoisotopic (exact) mass is 487 g/mol. The van der Waals surface area contributed by atoms with E-state index in [0.717, 1.165) is 37.2 Å². The van der Waals surface area contributed by atoms with E-state index in [1.165, 1.54) is 0 Å². The molecule has 8 heteroatoms. The third kappa shape index (κ3) is 4.96. The molecule has 1 amide bonds. The normalized spacial score (nSPS) is 18.9. The third-order valence-electron chi connectivity index (χ3n) is 7.09. The second-order valence-electron chi connectivity index (χ2n) is 9.75. The largest absolute Gasteiger partial charge is 0.484 e. The number of pyridine rings is 1. The van der Waals surface area contributed by atoms with Gasteiger partial charge in [0.2, 0.25) is 0 Å². The number of carbonyl (C=O) groups is 1. The zero-order valence-corrected chi connectivity index (χ0v) is 21.3. The van der Waals surface area contributed by atoms with Crippen LogP contribution in [0, 0.1) is 26.7 Å². The molecule has 34 heavy (non-hydrogen) atoms. The maximum absolute atomic E-state index is 13.1. The molecule has 2 aromatic rings. The molecule has 1 unspecified atom stereocenters. The smallest absolute Gasteiger partial charge is 0.253 e. The van der Waals surface area contributed by atoms with Crippen molar-refractivity contribution in [1.82, 2.24) is 15.2 Å². The number of carbonyl (C=O) groups excluding carboxylic acids is 1. The summed E-state index contributed by atoms with van der Waals surface area (Å²) in [6.07, 6.45) is 2.04. The Morgan fingerprint density at radius 3 is 2.56 bits per heavy atom. The minimum absolute atomic E-state index is 0.0661. The van der Waals surface area contributed by atoms with Gasteiger partial charge < -0.3 is 24.7 Å². The maximum atomic E-state index is 13.1.